The highest BCUT2D eigenvalue weighted by molar-refractivity contribution is 5.89. The number of phenolic OH excluding ortho intramolecular Hbond substituents is 1. The number of benzene rings is 3. The van der Waals surface area contributed by atoms with Crippen molar-refractivity contribution in [1.82, 2.24) is 9.97 Å². The molecule has 138 valence electrons. The first-order chi connectivity index (χ1) is 13.8. The van der Waals surface area contributed by atoms with Gasteiger partial charge in [-0.15, -0.1) is 0 Å². The predicted octanol–water partition coefficient (Wildman–Crippen LogP) is 5.54. The summed E-state index contributed by atoms with van der Waals surface area (Å²) in [6.45, 7) is 0. The first kappa shape index (κ1) is 16.5. The smallest absolute Gasteiger partial charge is 0.160 e. The van der Waals surface area contributed by atoms with Crippen LogP contribution in [0.15, 0.2) is 79.1 Å². The van der Waals surface area contributed by atoms with Crippen molar-refractivity contribution in [2.75, 3.05) is 7.11 Å². The average Bonchev–Trinajstić information content (AvgIpc) is 3.35. The first-order valence-electron chi connectivity index (χ1n) is 9.25. The van der Waals surface area contributed by atoms with Crippen molar-refractivity contribution in [2.45, 2.75) is 5.92 Å². The van der Waals surface area contributed by atoms with Crippen LogP contribution in [0.5, 0.6) is 11.5 Å². The Labute approximate surface area is 162 Å². The molecule has 0 amide bonds. The van der Waals surface area contributed by atoms with Gasteiger partial charge in [-0.05, 0) is 41.0 Å². The molecule has 0 unspecified atom stereocenters. The normalized spacial score (nSPS) is 11.5. The van der Waals surface area contributed by atoms with Crippen molar-refractivity contribution in [2.24, 2.45) is 0 Å². The third kappa shape index (κ3) is 2.54. The average molecular weight is 368 g/mol. The van der Waals surface area contributed by atoms with E-state index in [1.807, 2.05) is 24.3 Å². The molecule has 2 aromatic heterocycles. The number of nitrogens with one attached hydrogen (secondary N) is 2. The third-order valence-corrected chi connectivity index (χ3v) is 5.40. The fraction of sp³-hybridized carbons (Fsp3) is 0.0833. The number of fused-ring (bicyclic) bond motifs is 2. The zero-order valence-electron chi connectivity index (χ0n) is 15.4. The summed E-state index contributed by atoms with van der Waals surface area (Å²) >= 11 is 0. The summed E-state index contributed by atoms with van der Waals surface area (Å²) in [7, 11) is 1.57. The Balaban J connectivity index is 1.80. The van der Waals surface area contributed by atoms with Crippen LogP contribution in [0.4, 0.5) is 0 Å². The van der Waals surface area contributed by atoms with Crippen molar-refractivity contribution in [3.8, 4) is 11.5 Å². The van der Waals surface area contributed by atoms with Crippen LogP contribution in [0.2, 0.25) is 0 Å². The maximum atomic E-state index is 10.1. The van der Waals surface area contributed by atoms with Crippen molar-refractivity contribution < 1.29 is 9.84 Å². The van der Waals surface area contributed by atoms with Crippen molar-refractivity contribution >= 4 is 21.8 Å². The molecule has 0 saturated carbocycles. The molecule has 2 heterocycles. The highest BCUT2D eigenvalue weighted by Crippen LogP contribution is 2.41. The quantitative estimate of drug-likeness (QED) is 0.390. The van der Waals surface area contributed by atoms with E-state index in [0.717, 1.165) is 16.6 Å². The van der Waals surface area contributed by atoms with E-state index in [0.29, 0.717) is 5.75 Å². The van der Waals surface area contributed by atoms with E-state index in [-0.39, 0.29) is 11.7 Å². The van der Waals surface area contributed by atoms with Gasteiger partial charge in [-0.1, -0.05) is 42.5 Å². The molecule has 0 radical (unpaired) electrons. The molecule has 0 fully saturated rings. The molecule has 0 aliphatic heterocycles. The lowest BCUT2D eigenvalue weighted by Crippen LogP contribution is -2.03. The van der Waals surface area contributed by atoms with Crippen LogP contribution in [0.25, 0.3) is 21.8 Å². The number of methoxy groups -OCH3 is 1. The molecule has 0 atom stereocenters. The summed E-state index contributed by atoms with van der Waals surface area (Å²) in [4.78, 5) is 6.80. The SMILES string of the molecule is COc1cc(C(c2c[nH]c3ccccc23)c2c[nH]c3ccccc23)ccc1O. The maximum absolute atomic E-state index is 10.1. The molecule has 5 rings (SSSR count). The highest BCUT2D eigenvalue weighted by Gasteiger charge is 2.24. The van der Waals surface area contributed by atoms with Crippen LogP contribution in [-0.2, 0) is 0 Å². The summed E-state index contributed by atoms with van der Waals surface area (Å²) in [5.74, 6) is 0.604. The Morgan fingerprint density at radius 2 is 1.36 bits per heavy atom. The lowest BCUT2D eigenvalue weighted by molar-refractivity contribution is 0.373. The molecule has 4 heteroatoms. The van der Waals surface area contributed by atoms with Gasteiger partial charge < -0.3 is 19.8 Å². The van der Waals surface area contributed by atoms with E-state index < -0.39 is 0 Å². The van der Waals surface area contributed by atoms with Crippen molar-refractivity contribution in [3.63, 3.8) is 0 Å². The van der Waals surface area contributed by atoms with Crippen LogP contribution in [0, 0.1) is 0 Å². The van der Waals surface area contributed by atoms with Gasteiger partial charge in [-0.25, -0.2) is 0 Å². The van der Waals surface area contributed by atoms with Gasteiger partial charge in [0.25, 0.3) is 0 Å². The van der Waals surface area contributed by atoms with Crippen LogP contribution in [-0.4, -0.2) is 22.2 Å². The molecular weight excluding hydrogens is 348 g/mol. The Bertz CT molecular complexity index is 1210. The van der Waals surface area contributed by atoms with Gasteiger partial charge in [-0.2, -0.15) is 0 Å². The van der Waals surface area contributed by atoms with E-state index in [2.05, 4.69) is 58.8 Å². The number of aromatic amines is 2. The monoisotopic (exact) mass is 368 g/mol. The van der Waals surface area contributed by atoms with Crippen molar-refractivity contribution in [1.29, 1.82) is 0 Å². The minimum absolute atomic E-state index is 0.0122. The number of aromatic nitrogens is 2. The number of aromatic hydroxyl groups is 1. The lowest BCUT2D eigenvalue weighted by atomic mass is 9.84. The summed E-state index contributed by atoms with van der Waals surface area (Å²) in [5, 5.41) is 12.5. The summed E-state index contributed by atoms with van der Waals surface area (Å²) in [6.07, 6.45) is 4.16. The number of hydrogen-bond donors (Lipinski definition) is 3. The zero-order chi connectivity index (χ0) is 19.1. The van der Waals surface area contributed by atoms with E-state index in [9.17, 15) is 5.11 Å². The van der Waals surface area contributed by atoms with Gasteiger partial charge in [0, 0.05) is 40.1 Å². The molecule has 4 nitrogen and oxygen atoms in total. The predicted molar refractivity (Wildman–Crippen MR) is 112 cm³/mol. The second-order valence-electron chi connectivity index (χ2n) is 6.94. The van der Waals surface area contributed by atoms with E-state index >= 15 is 0 Å². The molecule has 3 N–H and O–H groups in total. The molecule has 0 saturated heterocycles. The molecule has 28 heavy (non-hydrogen) atoms. The molecular formula is C24H20N2O2. The number of ether oxygens (including phenoxy) is 1. The van der Waals surface area contributed by atoms with Gasteiger partial charge in [0.2, 0.25) is 0 Å². The van der Waals surface area contributed by atoms with Crippen LogP contribution < -0.4 is 4.74 Å². The van der Waals surface area contributed by atoms with Gasteiger partial charge >= 0.3 is 0 Å². The number of H-pyrrole nitrogens is 2. The van der Waals surface area contributed by atoms with Crippen molar-refractivity contribution in [3.05, 3.63) is 95.8 Å². The third-order valence-electron chi connectivity index (χ3n) is 5.40. The van der Waals surface area contributed by atoms with Gasteiger partial charge in [0.05, 0.1) is 7.11 Å². The first-order valence-corrected chi connectivity index (χ1v) is 9.25. The van der Waals surface area contributed by atoms with E-state index in [1.165, 1.54) is 21.9 Å². The summed E-state index contributed by atoms with van der Waals surface area (Å²) < 4.78 is 5.38. The standard InChI is InChI=1S/C24H20N2O2/c1-28-23-12-15(10-11-22(23)27)24(18-13-25-20-8-4-2-6-16(18)20)19-14-26-21-9-5-3-7-17(19)21/h2-14,24-27H,1H3. The fourth-order valence-electron chi connectivity index (χ4n) is 4.07. The number of hydrogen-bond acceptors (Lipinski definition) is 2. The number of rotatable bonds is 4. The minimum Gasteiger partial charge on any atom is -0.504 e. The lowest BCUT2D eigenvalue weighted by Gasteiger charge is -2.18. The zero-order valence-corrected chi connectivity index (χ0v) is 15.4. The van der Waals surface area contributed by atoms with Gasteiger partial charge in [0.15, 0.2) is 11.5 Å². The Morgan fingerprint density at radius 1 is 0.786 bits per heavy atom. The van der Waals surface area contributed by atoms with Crippen LogP contribution in [0.3, 0.4) is 0 Å². The molecule has 0 aliphatic carbocycles. The number of phenols is 1. The van der Waals surface area contributed by atoms with Crippen LogP contribution in [0.1, 0.15) is 22.6 Å². The molecule has 5 aromatic rings. The molecule has 3 aromatic carbocycles. The Kier molecular flexibility index (Phi) is 3.83. The second-order valence-corrected chi connectivity index (χ2v) is 6.94. The maximum Gasteiger partial charge on any atom is 0.160 e. The van der Waals surface area contributed by atoms with Gasteiger partial charge in [0.1, 0.15) is 0 Å². The Morgan fingerprint density at radius 3 is 1.93 bits per heavy atom. The van der Waals surface area contributed by atoms with Gasteiger partial charge in [-0.3, -0.25) is 0 Å². The Hall–Kier alpha value is -3.66. The second kappa shape index (κ2) is 6.50. The molecule has 0 spiro atoms. The fourth-order valence-corrected chi connectivity index (χ4v) is 4.07. The molecule has 0 bridgehead atoms. The minimum atomic E-state index is -0.0122. The summed E-state index contributed by atoms with van der Waals surface area (Å²) in [6, 6.07) is 22.2. The van der Waals surface area contributed by atoms with E-state index in [1.54, 1.807) is 13.2 Å². The summed E-state index contributed by atoms with van der Waals surface area (Å²) in [5.41, 5.74) is 5.64. The largest absolute Gasteiger partial charge is 0.504 e. The number of para-hydroxylation sites is 2. The molecule has 0 aliphatic rings. The highest BCUT2D eigenvalue weighted by atomic mass is 16.5. The van der Waals surface area contributed by atoms with Crippen LogP contribution >= 0.6 is 0 Å². The topological polar surface area (TPSA) is 61.0 Å². The van der Waals surface area contributed by atoms with E-state index in [4.69, 9.17) is 4.74 Å².